The largest absolute Gasteiger partial charge is 0.347 e. The highest BCUT2D eigenvalue weighted by Crippen LogP contribution is 2.13. The molecule has 0 aliphatic rings. The Morgan fingerprint density at radius 2 is 1.52 bits per heavy atom. The first-order valence-corrected chi connectivity index (χ1v) is 9.45. The Morgan fingerprint density at radius 1 is 0.871 bits per heavy atom. The molecule has 31 heavy (non-hydrogen) atoms. The summed E-state index contributed by atoms with van der Waals surface area (Å²) in [4.78, 5) is 20.8. The van der Waals surface area contributed by atoms with Crippen LogP contribution in [0.1, 0.15) is 11.1 Å². The van der Waals surface area contributed by atoms with E-state index in [0.29, 0.717) is 23.7 Å². The fraction of sp³-hybridized carbons (Fsp3) is 0.190. The third-order valence-corrected chi connectivity index (χ3v) is 3.86. The zero-order valence-electron chi connectivity index (χ0n) is 17.8. The maximum Gasteiger partial charge on any atom is 0.250 e. The summed E-state index contributed by atoms with van der Waals surface area (Å²) in [5.41, 5.74) is 10.4. The number of anilines is 3. The van der Waals surface area contributed by atoms with Crippen LogP contribution in [-0.2, 0) is 0 Å². The number of hydrazine groups is 1. The van der Waals surface area contributed by atoms with Crippen molar-refractivity contribution in [3.8, 4) is 12.0 Å². The number of aromatic nitrogens is 4. The van der Waals surface area contributed by atoms with Crippen molar-refractivity contribution in [1.29, 1.82) is 0 Å². The molecule has 0 unspecified atom stereocenters. The summed E-state index contributed by atoms with van der Waals surface area (Å²) in [5, 5.41) is 4.42. The van der Waals surface area contributed by atoms with Crippen LogP contribution in [0.2, 0.25) is 0 Å². The molecule has 0 fully saturated rings. The molecule has 3 aromatic rings. The summed E-state index contributed by atoms with van der Waals surface area (Å²) in [7, 11) is 7.45. The van der Waals surface area contributed by atoms with Crippen LogP contribution >= 0.6 is 0 Å². The number of benzene rings is 1. The van der Waals surface area contributed by atoms with E-state index in [1.165, 1.54) is 0 Å². The van der Waals surface area contributed by atoms with E-state index in [1.54, 1.807) is 22.2 Å². The van der Waals surface area contributed by atoms with Crippen LogP contribution in [0.5, 0.6) is 0 Å². The molecule has 0 bridgehead atoms. The number of nitrogens with one attached hydrogen (secondary N) is 3. The highest BCUT2D eigenvalue weighted by molar-refractivity contribution is 5.98. The minimum atomic E-state index is 0.311. The third-order valence-electron chi connectivity index (χ3n) is 3.86. The summed E-state index contributed by atoms with van der Waals surface area (Å²) in [6, 6.07) is 16.2. The van der Waals surface area contributed by atoms with Gasteiger partial charge in [0.05, 0.1) is 0 Å². The van der Waals surface area contributed by atoms with Gasteiger partial charge in [0, 0.05) is 57.8 Å². The molecule has 3 rings (SSSR count). The number of amidine groups is 1. The van der Waals surface area contributed by atoms with E-state index in [1.807, 2.05) is 70.7 Å². The number of hydrazone groups is 1. The lowest BCUT2D eigenvalue weighted by molar-refractivity contribution is 0.842. The van der Waals surface area contributed by atoms with Crippen molar-refractivity contribution in [2.75, 3.05) is 43.4 Å². The van der Waals surface area contributed by atoms with E-state index in [-0.39, 0.29) is 0 Å². The molecule has 2 aromatic heterocycles. The van der Waals surface area contributed by atoms with E-state index < -0.39 is 0 Å². The Kier molecular flexibility index (Phi) is 7.16. The normalized spacial score (nSPS) is 10.5. The second-order valence-electron chi connectivity index (χ2n) is 6.72. The number of rotatable bonds is 6. The van der Waals surface area contributed by atoms with E-state index in [9.17, 15) is 0 Å². The fourth-order valence-corrected chi connectivity index (χ4v) is 2.30. The molecule has 10 nitrogen and oxygen atoms in total. The van der Waals surface area contributed by atoms with Gasteiger partial charge in [-0.3, -0.25) is 15.8 Å². The van der Waals surface area contributed by atoms with Crippen molar-refractivity contribution < 1.29 is 0 Å². The first-order chi connectivity index (χ1) is 15.0. The van der Waals surface area contributed by atoms with Crippen molar-refractivity contribution in [3.05, 3.63) is 66.0 Å². The Balaban J connectivity index is 1.81. The monoisotopic (exact) mass is 416 g/mol. The minimum Gasteiger partial charge on any atom is -0.347 e. The van der Waals surface area contributed by atoms with Crippen LogP contribution in [0.4, 0.5) is 17.8 Å². The summed E-state index contributed by atoms with van der Waals surface area (Å²) < 4.78 is 0. The Labute approximate surface area is 181 Å². The van der Waals surface area contributed by atoms with Gasteiger partial charge in [-0.25, -0.2) is 5.43 Å². The highest BCUT2D eigenvalue weighted by Gasteiger charge is 2.10. The van der Waals surface area contributed by atoms with Crippen LogP contribution < -0.4 is 26.1 Å². The molecule has 0 saturated heterocycles. The molecule has 158 valence electrons. The number of hydrogen-bond donors (Lipinski definition) is 3. The third kappa shape index (κ3) is 6.30. The van der Waals surface area contributed by atoms with Crippen molar-refractivity contribution in [3.63, 3.8) is 0 Å². The average molecular weight is 416 g/mol. The van der Waals surface area contributed by atoms with Crippen molar-refractivity contribution in [1.82, 2.24) is 30.8 Å². The summed E-state index contributed by atoms with van der Waals surface area (Å²) in [6.07, 6.45) is 3.36. The van der Waals surface area contributed by atoms with Gasteiger partial charge in [-0.15, -0.1) is 0 Å². The van der Waals surface area contributed by atoms with E-state index in [4.69, 9.17) is 0 Å². The first kappa shape index (κ1) is 21.3. The highest BCUT2D eigenvalue weighted by atomic mass is 15.5. The molecule has 1 aromatic carbocycles. The molecule has 0 aliphatic carbocycles. The lowest BCUT2D eigenvalue weighted by Crippen LogP contribution is -2.35. The molecule has 0 radical (unpaired) electrons. The topological polar surface area (TPSA) is 106 Å². The second kappa shape index (κ2) is 10.4. The average Bonchev–Trinajstić information content (AvgIpc) is 2.79. The first-order valence-electron chi connectivity index (χ1n) is 9.45. The van der Waals surface area contributed by atoms with Crippen LogP contribution in [0.25, 0.3) is 0 Å². The number of nitrogens with zero attached hydrogens (tertiary/aromatic N) is 7. The summed E-state index contributed by atoms with van der Waals surface area (Å²) >= 11 is 0. The van der Waals surface area contributed by atoms with Crippen molar-refractivity contribution in [2.24, 2.45) is 5.10 Å². The maximum absolute atomic E-state index is 4.42. The molecule has 2 heterocycles. The lowest BCUT2D eigenvalue weighted by Gasteiger charge is -2.16. The zero-order valence-corrected chi connectivity index (χ0v) is 17.8. The number of pyridine rings is 1. The van der Waals surface area contributed by atoms with Crippen LogP contribution in [0.3, 0.4) is 0 Å². The van der Waals surface area contributed by atoms with E-state index in [0.717, 1.165) is 11.1 Å². The van der Waals surface area contributed by atoms with Crippen molar-refractivity contribution in [2.45, 2.75) is 0 Å². The molecular weight excluding hydrogens is 392 g/mol. The van der Waals surface area contributed by atoms with Gasteiger partial charge in [-0.2, -0.15) is 20.1 Å². The molecule has 10 heteroatoms. The van der Waals surface area contributed by atoms with E-state index in [2.05, 4.69) is 53.3 Å². The van der Waals surface area contributed by atoms with Gasteiger partial charge >= 0.3 is 0 Å². The smallest absolute Gasteiger partial charge is 0.250 e. The molecule has 0 saturated carbocycles. The van der Waals surface area contributed by atoms with Gasteiger partial charge in [0.1, 0.15) is 0 Å². The van der Waals surface area contributed by atoms with Gasteiger partial charge in [0.2, 0.25) is 17.8 Å². The van der Waals surface area contributed by atoms with Crippen molar-refractivity contribution >= 4 is 23.7 Å². The Morgan fingerprint density at radius 3 is 2.13 bits per heavy atom. The van der Waals surface area contributed by atoms with Crippen LogP contribution in [0, 0.1) is 12.0 Å². The summed E-state index contributed by atoms with van der Waals surface area (Å²) in [5.74, 6) is 4.84. The second-order valence-corrected chi connectivity index (χ2v) is 6.72. The minimum absolute atomic E-state index is 0.311. The van der Waals surface area contributed by atoms with Gasteiger partial charge in [-0.1, -0.05) is 18.2 Å². The van der Waals surface area contributed by atoms with Gasteiger partial charge in [0.15, 0.2) is 5.84 Å². The van der Waals surface area contributed by atoms with Crippen LogP contribution in [-0.4, -0.2) is 54.0 Å². The summed E-state index contributed by atoms with van der Waals surface area (Å²) in [6.45, 7) is 0. The Bertz CT molecular complexity index is 1040. The standard InChI is InChI=1S/C21H24N10/c1-30(2)20-24-19(25-21(26-20)31(3)4)29-28-18(17-11-13-22-14-12-17)27-23-15-10-16-8-6-5-7-9-16/h5-9,11-14,23H,1-4H3,(H,27,28)(H,24,25,26,29). The van der Waals surface area contributed by atoms with Gasteiger partial charge < -0.3 is 9.80 Å². The molecule has 0 spiro atoms. The van der Waals surface area contributed by atoms with Gasteiger partial charge in [-0.05, 0) is 30.2 Å². The zero-order chi connectivity index (χ0) is 22.1. The Hall–Kier alpha value is -4.39. The number of hydrogen-bond acceptors (Lipinski definition) is 9. The quantitative estimate of drug-likeness (QED) is 0.180. The lowest BCUT2D eigenvalue weighted by atomic mass is 10.2. The molecule has 0 atom stereocenters. The molecule has 3 N–H and O–H groups in total. The van der Waals surface area contributed by atoms with E-state index >= 15 is 0 Å². The predicted molar refractivity (Wildman–Crippen MR) is 122 cm³/mol. The fourth-order valence-electron chi connectivity index (χ4n) is 2.30. The predicted octanol–water partition coefficient (Wildman–Crippen LogP) is 1.28. The molecule has 0 amide bonds. The molecular formula is C21H24N10. The molecule has 0 aliphatic heterocycles. The SMILES string of the molecule is CN(C)c1nc(NN=C(NNC#Cc2ccccc2)c2ccncc2)nc(N(C)C)n1. The van der Waals surface area contributed by atoms with Gasteiger partial charge in [0.25, 0.3) is 0 Å². The van der Waals surface area contributed by atoms with Crippen LogP contribution in [0.15, 0.2) is 60.0 Å². The maximum atomic E-state index is 4.42.